The van der Waals surface area contributed by atoms with Crippen LogP contribution in [0, 0.1) is 0 Å². The molecule has 144 valence electrons. The van der Waals surface area contributed by atoms with E-state index in [0.29, 0.717) is 29.7 Å². The molecule has 1 heterocycles. The van der Waals surface area contributed by atoms with E-state index in [9.17, 15) is 4.79 Å². The summed E-state index contributed by atoms with van der Waals surface area (Å²) in [5.41, 5.74) is 2.44. The van der Waals surface area contributed by atoms with Crippen LogP contribution in [0.4, 0.5) is 0 Å². The van der Waals surface area contributed by atoms with Crippen LogP contribution in [0.3, 0.4) is 0 Å². The first kappa shape index (κ1) is 20.9. The van der Waals surface area contributed by atoms with E-state index >= 15 is 0 Å². The van der Waals surface area contributed by atoms with Gasteiger partial charge in [-0.15, -0.1) is 0 Å². The van der Waals surface area contributed by atoms with E-state index in [2.05, 4.69) is 16.5 Å². The summed E-state index contributed by atoms with van der Waals surface area (Å²) in [6, 6.07) is 5.46. The van der Waals surface area contributed by atoms with Crippen molar-refractivity contribution in [2.24, 2.45) is 0 Å². The third-order valence-electron chi connectivity index (χ3n) is 3.78. The Hall–Kier alpha value is -2.44. The Bertz CT molecular complexity index is 807. The zero-order valence-corrected chi connectivity index (χ0v) is 16.5. The molecule has 0 bridgehead atoms. The number of aliphatic carboxylic acids is 1. The molecule has 2 aromatic rings. The van der Waals surface area contributed by atoms with Gasteiger partial charge in [-0.3, -0.25) is 4.79 Å². The zero-order valence-electron chi connectivity index (χ0n) is 15.8. The van der Waals surface area contributed by atoms with Gasteiger partial charge in [0.1, 0.15) is 5.75 Å². The second-order valence-electron chi connectivity index (χ2n) is 6.59. The molecular formula is C20H24ClN3O3. The largest absolute Gasteiger partial charge is 0.489 e. The topological polar surface area (TPSA) is 75.6 Å². The highest BCUT2D eigenvalue weighted by atomic mass is 35.5. The molecule has 1 aromatic heterocycles. The van der Waals surface area contributed by atoms with Crippen LogP contribution in [0.5, 0.6) is 5.75 Å². The van der Waals surface area contributed by atoms with Crippen molar-refractivity contribution in [2.75, 3.05) is 20.1 Å². The van der Waals surface area contributed by atoms with Gasteiger partial charge in [-0.25, -0.2) is 9.97 Å². The van der Waals surface area contributed by atoms with Crippen molar-refractivity contribution in [1.29, 1.82) is 0 Å². The Balaban J connectivity index is 2.05. The van der Waals surface area contributed by atoms with Crippen molar-refractivity contribution >= 4 is 23.1 Å². The second-order valence-corrected chi connectivity index (χ2v) is 7.00. The molecule has 27 heavy (non-hydrogen) atoms. The van der Waals surface area contributed by atoms with Crippen LogP contribution in [0.1, 0.15) is 25.8 Å². The number of carboxylic acids is 1. The second kappa shape index (κ2) is 9.48. The van der Waals surface area contributed by atoms with Crippen LogP contribution in [0.25, 0.3) is 17.0 Å². The van der Waals surface area contributed by atoms with Gasteiger partial charge in [0.15, 0.2) is 5.82 Å². The summed E-state index contributed by atoms with van der Waals surface area (Å²) in [5, 5.41) is 9.26. The Labute approximate surface area is 164 Å². The molecule has 0 spiro atoms. The lowest BCUT2D eigenvalue weighted by molar-refractivity contribution is -0.137. The minimum absolute atomic E-state index is 0.0449. The highest BCUT2D eigenvalue weighted by Gasteiger charge is 2.10. The first-order valence-electron chi connectivity index (χ1n) is 8.63. The number of aromatic nitrogens is 2. The van der Waals surface area contributed by atoms with Crippen molar-refractivity contribution in [1.82, 2.24) is 14.9 Å². The van der Waals surface area contributed by atoms with E-state index < -0.39 is 5.97 Å². The SMILES string of the molecule is C=C(CN(C)CCC(=O)O)c1cnc(-c2ccc(OC(C)C)c(Cl)c2)nc1. The summed E-state index contributed by atoms with van der Waals surface area (Å²) in [6.45, 7) is 8.93. The lowest BCUT2D eigenvalue weighted by Crippen LogP contribution is -2.23. The maximum Gasteiger partial charge on any atom is 0.304 e. The molecule has 0 saturated carbocycles. The first-order valence-corrected chi connectivity index (χ1v) is 9.01. The number of halogens is 1. The molecular weight excluding hydrogens is 366 g/mol. The van der Waals surface area contributed by atoms with E-state index in [-0.39, 0.29) is 12.5 Å². The highest BCUT2D eigenvalue weighted by Crippen LogP contribution is 2.29. The van der Waals surface area contributed by atoms with Crippen LogP contribution in [0.15, 0.2) is 37.2 Å². The normalized spacial score (nSPS) is 11.0. The molecule has 0 unspecified atom stereocenters. The van der Waals surface area contributed by atoms with Gasteiger partial charge in [0.25, 0.3) is 0 Å². The van der Waals surface area contributed by atoms with Crippen LogP contribution >= 0.6 is 11.6 Å². The van der Waals surface area contributed by atoms with Gasteiger partial charge in [0.2, 0.25) is 0 Å². The summed E-state index contributed by atoms with van der Waals surface area (Å²) in [7, 11) is 1.85. The van der Waals surface area contributed by atoms with Crippen molar-refractivity contribution < 1.29 is 14.6 Å². The molecule has 2 rings (SSSR count). The third-order valence-corrected chi connectivity index (χ3v) is 4.08. The molecule has 6 nitrogen and oxygen atoms in total. The fourth-order valence-corrected chi connectivity index (χ4v) is 2.66. The number of hydrogen-bond donors (Lipinski definition) is 1. The molecule has 0 aliphatic rings. The van der Waals surface area contributed by atoms with E-state index in [1.165, 1.54) is 0 Å². The molecule has 0 saturated heterocycles. The highest BCUT2D eigenvalue weighted by molar-refractivity contribution is 6.32. The van der Waals surface area contributed by atoms with Crippen LogP contribution in [0.2, 0.25) is 5.02 Å². The lowest BCUT2D eigenvalue weighted by atomic mass is 10.1. The average Bonchev–Trinajstić information content (AvgIpc) is 2.61. The number of rotatable bonds is 9. The van der Waals surface area contributed by atoms with E-state index in [4.69, 9.17) is 21.4 Å². The molecule has 0 amide bonds. The maximum absolute atomic E-state index is 10.6. The average molecular weight is 390 g/mol. The summed E-state index contributed by atoms with van der Waals surface area (Å²) in [5.74, 6) is 0.372. The number of nitrogens with zero attached hydrogens (tertiary/aromatic N) is 3. The fourth-order valence-electron chi connectivity index (χ4n) is 2.43. The van der Waals surface area contributed by atoms with Crippen molar-refractivity contribution in [3.63, 3.8) is 0 Å². The Morgan fingerprint density at radius 1 is 1.33 bits per heavy atom. The minimum atomic E-state index is -0.816. The van der Waals surface area contributed by atoms with Gasteiger partial charge >= 0.3 is 5.97 Å². The number of hydrogen-bond acceptors (Lipinski definition) is 5. The summed E-state index contributed by atoms with van der Waals surface area (Å²) in [4.78, 5) is 21.3. The first-order chi connectivity index (χ1) is 12.8. The Kier molecular flexibility index (Phi) is 7.33. The summed E-state index contributed by atoms with van der Waals surface area (Å²) >= 11 is 6.27. The standard InChI is InChI=1S/C20H24ClN3O3/c1-13(2)27-18-6-5-15(9-17(18)21)20-22-10-16(11-23-20)14(3)12-24(4)8-7-19(25)26/h5-6,9-11,13H,3,7-8,12H2,1-2,4H3,(H,25,26). The molecule has 0 aliphatic carbocycles. The summed E-state index contributed by atoms with van der Waals surface area (Å²) < 4.78 is 5.63. The van der Waals surface area contributed by atoms with E-state index in [1.54, 1.807) is 18.5 Å². The van der Waals surface area contributed by atoms with Crippen LogP contribution in [-0.4, -0.2) is 52.2 Å². The predicted octanol–water partition coefficient (Wildman–Crippen LogP) is 4.00. The molecule has 1 aromatic carbocycles. The molecule has 0 fully saturated rings. The third kappa shape index (κ3) is 6.34. The van der Waals surface area contributed by atoms with Crippen molar-refractivity contribution in [3.8, 4) is 17.1 Å². The van der Waals surface area contributed by atoms with Crippen molar-refractivity contribution in [3.05, 3.63) is 47.8 Å². The molecule has 1 N–H and O–H groups in total. The van der Waals surface area contributed by atoms with Crippen LogP contribution < -0.4 is 4.74 Å². The minimum Gasteiger partial charge on any atom is -0.489 e. The molecule has 0 radical (unpaired) electrons. The lowest BCUT2D eigenvalue weighted by Gasteiger charge is -2.17. The number of ether oxygens (including phenoxy) is 1. The van der Waals surface area contributed by atoms with Crippen LogP contribution in [-0.2, 0) is 4.79 Å². The van der Waals surface area contributed by atoms with Gasteiger partial charge in [0.05, 0.1) is 17.5 Å². The number of benzene rings is 1. The fraction of sp³-hybridized carbons (Fsp3) is 0.350. The van der Waals surface area contributed by atoms with Gasteiger partial charge < -0.3 is 14.7 Å². The monoisotopic (exact) mass is 389 g/mol. The quantitative estimate of drug-likeness (QED) is 0.698. The van der Waals surface area contributed by atoms with Gasteiger partial charge in [-0.05, 0) is 44.7 Å². The van der Waals surface area contributed by atoms with Gasteiger partial charge in [-0.1, -0.05) is 18.2 Å². The molecule has 7 heteroatoms. The van der Waals surface area contributed by atoms with Gasteiger partial charge in [-0.2, -0.15) is 0 Å². The summed E-state index contributed by atoms with van der Waals surface area (Å²) in [6.07, 6.45) is 3.56. The van der Waals surface area contributed by atoms with Crippen molar-refractivity contribution in [2.45, 2.75) is 26.4 Å². The van der Waals surface area contributed by atoms with E-state index in [0.717, 1.165) is 16.7 Å². The van der Waals surface area contributed by atoms with Gasteiger partial charge in [0, 0.05) is 36.6 Å². The number of likely N-dealkylation sites (N-methyl/N-ethyl adjacent to an activating group) is 1. The zero-order chi connectivity index (χ0) is 20.0. The Morgan fingerprint density at radius 3 is 2.56 bits per heavy atom. The predicted molar refractivity (Wildman–Crippen MR) is 107 cm³/mol. The number of carbonyl (C=O) groups is 1. The smallest absolute Gasteiger partial charge is 0.304 e. The number of carboxylic acid groups (broad SMARTS) is 1. The van der Waals surface area contributed by atoms with E-state index in [1.807, 2.05) is 37.9 Å². The molecule has 0 aliphatic heterocycles. The maximum atomic E-state index is 10.6. The Morgan fingerprint density at radius 2 is 2.00 bits per heavy atom. The molecule has 0 atom stereocenters.